The highest BCUT2D eigenvalue weighted by Gasteiger charge is 2.10. The van der Waals surface area contributed by atoms with Gasteiger partial charge in [0.15, 0.2) is 0 Å². The van der Waals surface area contributed by atoms with E-state index in [1.807, 2.05) is 30.3 Å². The molecule has 0 spiro atoms. The highest BCUT2D eigenvalue weighted by molar-refractivity contribution is 6.27. The van der Waals surface area contributed by atoms with Crippen LogP contribution in [0.15, 0.2) is 36.5 Å². The third kappa shape index (κ3) is 2.87. The number of para-hydroxylation sites is 1. The molecule has 2 rings (SSSR count). The number of nitrogens with zero attached hydrogens (tertiary/aromatic N) is 4. The van der Waals surface area contributed by atoms with Crippen molar-refractivity contribution in [2.75, 3.05) is 12.9 Å². The van der Waals surface area contributed by atoms with Gasteiger partial charge in [0.1, 0.15) is 11.6 Å². The van der Waals surface area contributed by atoms with Gasteiger partial charge >= 0.3 is 0 Å². The van der Waals surface area contributed by atoms with Crippen LogP contribution in [0.4, 0.5) is 0 Å². The Morgan fingerprint density at radius 2 is 2.11 bits per heavy atom. The first-order valence-corrected chi connectivity index (χ1v) is 6.00. The Morgan fingerprint density at radius 3 is 2.78 bits per heavy atom. The van der Waals surface area contributed by atoms with Crippen molar-refractivity contribution >= 4 is 17.5 Å². The molecule has 0 aliphatic carbocycles. The molecule has 6 heteroatoms. The highest BCUT2D eigenvalue weighted by Crippen LogP contribution is 2.05. The molecule has 0 aliphatic heterocycles. The van der Waals surface area contributed by atoms with Crippen molar-refractivity contribution < 1.29 is 4.79 Å². The van der Waals surface area contributed by atoms with Gasteiger partial charge in [0.2, 0.25) is 5.91 Å². The lowest BCUT2D eigenvalue weighted by Crippen LogP contribution is -2.27. The summed E-state index contributed by atoms with van der Waals surface area (Å²) in [5.74, 6) is -0.158. The fraction of sp³-hybridized carbons (Fsp3) is 0.250. The fourth-order valence-corrected chi connectivity index (χ4v) is 1.69. The van der Waals surface area contributed by atoms with E-state index < -0.39 is 0 Å². The zero-order valence-electron chi connectivity index (χ0n) is 9.95. The molecule has 5 nitrogen and oxygen atoms in total. The molecule has 94 valence electrons. The Hall–Kier alpha value is -1.88. The number of amides is 1. The van der Waals surface area contributed by atoms with Gasteiger partial charge in [-0.25, -0.2) is 0 Å². The van der Waals surface area contributed by atoms with E-state index in [4.69, 9.17) is 11.6 Å². The van der Waals surface area contributed by atoms with Gasteiger partial charge in [-0.05, 0) is 12.1 Å². The van der Waals surface area contributed by atoms with E-state index in [0.29, 0.717) is 6.54 Å². The van der Waals surface area contributed by atoms with Crippen molar-refractivity contribution in [3.05, 3.63) is 42.2 Å². The lowest BCUT2D eigenvalue weighted by Gasteiger charge is -2.13. The largest absolute Gasteiger partial charge is 0.339 e. The van der Waals surface area contributed by atoms with Crippen LogP contribution in [-0.4, -0.2) is 38.7 Å². The molecule has 0 N–H and O–H groups in total. The fourth-order valence-electron chi connectivity index (χ4n) is 1.49. The van der Waals surface area contributed by atoms with Crippen molar-refractivity contribution in [3.8, 4) is 5.69 Å². The summed E-state index contributed by atoms with van der Waals surface area (Å²) in [7, 11) is 1.69. The molecule has 0 unspecified atom stereocenters. The molecular formula is C12H13ClN4O. The summed E-state index contributed by atoms with van der Waals surface area (Å²) in [6.45, 7) is 0.401. The number of aromatic nitrogens is 3. The number of alkyl halides is 1. The molecule has 0 atom stereocenters. The van der Waals surface area contributed by atoms with Gasteiger partial charge in [-0.2, -0.15) is 15.0 Å². The van der Waals surface area contributed by atoms with E-state index in [2.05, 4.69) is 10.2 Å². The average molecular weight is 265 g/mol. The van der Waals surface area contributed by atoms with Gasteiger partial charge in [-0.1, -0.05) is 18.2 Å². The van der Waals surface area contributed by atoms with E-state index in [-0.39, 0.29) is 11.8 Å². The van der Waals surface area contributed by atoms with Crippen LogP contribution in [0.25, 0.3) is 5.69 Å². The van der Waals surface area contributed by atoms with E-state index in [1.54, 1.807) is 13.2 Å². The van der Waals surface area contributed by atoms with Crippen LogP contribution in [-0.2, 0) is 11.3 Å². The topological polar surface area (TPSA) is 51.0 Å². The van der Waals surface area contributed by atoms with Gasteiger partial charge in [0.25, 0.3) is 0 Å². The zero-order chi connectivity index (χ0) is 13.0. The second kappa shape index (κ2) is 5.64. The SMILES string of the molecule is CN(Cc1cnn(-c2ccccc2)n1)C(=O)CCl. The monoisotopic (exact) mass is 264 g/mol. The molecule has 1 amide bonds. The maximum absolute atomic E-state index is 11.3. The van der Waals surface area contributed by atoms with E-state index in [1.165, 1.54) is 9.70 Å². The third-order valence-corrected chi connectivity index (χ3v) is 2.69. The van der Waals surface area contributed by atoms with E-state index >= 15 is 0 Å². The number of hydrogen-bond donors (Lipinski definition) is 0. The van der Waals surface area contributed by atoms with Gasteiger partial charge < -0.3 is 4.90 Å². The zero-order valence-corrected chi connectivity index (χ0v) is 10.7. The Bertz CT molecular complexity index is 526. The van der Waals surface area contributed by atoms with Crippen LogP contribution < -0.4 is 0 Å². The second-order valence-corrected chi connectivity index (χ2v) is 4.11. The molecule has 0 saturated carbocycles. The Kier molecular flexibility index (Phi) is 3.94. The predicted molar refractivity (Wildman–Crippen MR) is 68.6 cm³/mol. The predicted octanol–water partition coefficient (Wildman–Crippen LogP) is 1.46. The van der Waals surface area contributed by atoms with Gasteiger partial charge in [0, 0.05) is 7.05 Å². The van der Waals surface area contributed by atoms with Gasteiger partial charge in [-0.3, -0.25) is 4.79 Å². The first-order valence-electron chi connectivity index (χ1n) is 5.47. The van der Waals surface area contributed by atoms with Crippen LogP contribution in [0.1, 0.15) is 5.69 Å². The van der Waals surface area contributed by atoms with Gasteiger partial charge in [-0.15, -0.1) is 11.6 Å². The summed E-state index contributed by atoms with van der Waals surface area (Å²) < 4.78 is 0. The highest BCUT2D eigenvalue weighted by atomic mass is 35.5. The number of rotatable bonds is 4. The molecule has 0 bridgehead atoms. The lowest BCUT2D eigenvalue weighted by molar-refractivity contribution is -0.127. The molecule has 1 heterocycles. The van der Waals surface area contributed by atoms with Crippen LogP contribution >= 0.6 is 11.6 Å². The number of benzene rings is 1. The van der Waals surface area contributed by atoms with Crippen molar-refractivity contribution in [1.29, 1.82) is 0 Å². The quantitative estimate of drug-likeness (QED) is 0.786. The van der Waals surface area contributed by atoms with E-state index in [0.717, 1.165) is 11.4 Å². The average Bonchev–Trinajstić information content (AvgIpc) is 2.87. The van der Waals surface area contributed by atoms with Crippen LogP contribution in [0.5, 0.6) is 0 Å². The molecule has 0 fully saturated rings. The van der Waals surface area contributed by atoms with Crippen molar-refractivity contribution in [3.63, 3.8) is 0 Å². The molecule has 0 saturated heterocycles. The summed E-state index contributed by atoms with van der Waals surface area (Å²) in [5.41, 5.74) is 1.61. The number of carbonyl (C=O) groups is 1. The number of hydrogen-bond acceptors (Lipinski definition) is 3. The van der Waals surface area contributed by atoms with E-state index in [9.17, 15) is 4.79 Å². The minimum absolute atomic E-state index is 0.0245. The van der Waals surface area contributed by atoms with Crippen LogP contribution in [0, 0.1) is 0 Å². The molecule has 0 radical (unpaired) electrons. The molecule has 1 aromatic heterocycles. The van der Waals surface area contributed by atoms with Gasteiger partial charge in [0.05, 0.1) is 18.4 Å². The summed E-state index contributed by atoms with van der Waals surface area (Å²) in [6.07, 6.45) is 1.64. The summed E-state index contributed by atoms with van der Waals surface area (Å²) in [4.78, 5) is 14.4. The third-order valence-electron chi connectivity index (χ3n) is 2.47. The number of carbonyl (C=O) groups excluding carboxylic acids is 1. The molecule has 0 aliphatic rings. The maximum Gasteiger partial charge on any atom is 0.237 e. The minimum Gasteiger partial charge on any atom is -0.339 e. The Balaban J connectivity index is 2.09. The minimum atomic E-state index is -0.133. The van der Waals surface area contributed by atoms with Crippen molar-refractivity contribution in [2.24, 2.45) is 0 Å². The summed E-state index contributed by atoms with van der Waals surface area (Å²) in [5, 5.41) is 8.47. The molecule has 1 aromatic carbocycles. The Morgan fingerprint density at radius 1 is 1.39 bits per heavy atom. The first kappa shape index (κ1) is 12.6. The van der Waals surface area contributed by atoms with Crippen molar-refractivity contribution in [1.82, 2.24) is 19.9 Å². The maximum atomic E-state index is 11.3. The van der Waals surface area contributed by atoms with Crippen molar-refractivity contribution in [2.45, 2.75) is 6.54 Å². The summed E-state index contributed by atoms with van der Waals surface area (Å²) in [6, 6.07) is 9.60. The standard InChI is InChI=1S/C12H13ClN4O/c1-16(12(18)7-13)9-10-8-14-17(15-10)11-5-3-2-4-6-11/h2-6,8H,7,9H2,1H3. The van der Waals surface area contributed by atoms with Crippen LogP contribution in [0.3, 0.4) is 0 Å². The second-order valence-electron chi connectivity index (χ2n) is 3.84. The molecule has 18 heavy (non-hydrogen) atoms. The van der Waals surface area contributed by atoms with Crippen LogP contribution in [0.2, 0.25) is 0 Å². The normalized spacial score (nSPS) is 10.3. The lowest BCUT2D eigenvalue weighted by atomic mass is 10.3. The summed E-state index contributed by atoms with van der Waals surface area (Å²) >= 11 is 5.48. The number of halogens is 1. The molecular weight excluding hydrogens is 252 g/mol. The first-order chi connectivity index (χ1) is 8.70. The smallest absolute Gasteiger partial charge is 0.237 e. The Labute approximate surface area is 110 Å². The molecule has 2 aromatic rings.